The standard InChI is InChI=1S/C17H24N4O2/c1-20-15(23)17(19-16(20)18,11-13-5-3-2-4-6-13)12-21-9-7-14(22)8-10-21/h7-10,13H,2-6,11-12H2,1H3,(H2,18,19). The molecule has 1 amide bonds. The number of aromatic nitrogens is 1. The highest BCUT2D eigenvalue weighted by Gasteiger charge is 2.47. The zero-order valence-electron chi connectivity index (χ0n) is 13.6. The Labute approximate surface area is 136 Å². The van der Waals surface area contributed by atoms with E-state index in [4.69, 9.17) is 5.73 Å². The zero-order valence-corrected chi connectivity index (χ0v) is 13.6. The lowest BCUT2D eigenvalue weighted by atomic mass is 9.79. The van der Waals surface area contributed by atoms with Crippen LogP contribution in [0.3, 0.4) is 0 Å². The number of likely N-dealkylation sites (N-methyl/N-ethyl adjacent to an activating group) is 1. The number of hydrogen-bond donors (Lipinski definition) is 1. The normalized spacial score (nSPS) is 25.7. The van der Waals surface area contributed by atoms with Crippen molar-refractivity contribution in [2.75, 3.05) is 7.05 Å². The fraction of sp³-hybridized carbons (Fsp3) is 0.588. The van der Waals surface area contributed by atoms with Gasteiger partial charge < -0.3 is 10.3 Å². The van der Waals surface area contributed by atoms with Gasteiger partial charge in [-0.1, -0.05) is 32.1 Å². The van der Waals surface area contributed by atoms with Crippen LogP contribution >= 0.6 is 0 Å². The maximum atomic E-state index is 12.8. The lowest BCUT2D eigenvalue weighted by Gasteiger charge is -2.31. The highest BCUT2D eigenvalue weighted by atomic mass is 16.2. The summed E-state index contributed by atoms with van der Waals surface area (Å²) in [5, 5.41) is 0. The Kier molecular flexibility index (Phi) is 4.24. The Morgan fingerprint density at radius 3 is 2.43 bits per heavy atom. The summed E-state index contributed by atoms with van der Waals surface area (Å²) >= 11 is 0. The molecule has 0 saturated heterocycles. The van der Waals surface area contributed by atoms with Gasteiger partial charge in [0, 0.05) is 31.6 Å². The number of nitrogens with two attached hydrogens (primary N) is 1. The topological polar surface area (TPSA) is 80.7 Å². The van der Waals surface area contributed by atoms with Crippen LogP contribution in [0.25, 0.3) is 0 Å². The second kappa shape index (κ2) is 6.18. The minimum absolute atomic E-state index is 0.0412. The van der Waals surface area contributed by atoms with Crippen molar-refractivity contribution in [2.24, 2.45) is 16.6 Å². The van der Waals surface area contributed by atoms with Gasteiger partial charge in [-0.15, -0.1) is 0 Å². The SMILES string of the molecule is CN1C(=O)C(CC2CCCCC2)(Cn2ccc(=O)cc2)N=C1N. The van der Waals surface area contributed by atoms with Crippen molar-refractivity contribution in [1.29, 1.82) is 0 Å². The Morgan fingerprint density at radius 2 is 1.87 bits per heavy atom. The van der Waals surface area contributed by atoms with Gasteiger partial charge in [-0.05, 0) is 12.3 Å². The zero-order chi connectivity index (χ0) is 16.4. The molecule has 0 radical (unpaired) electrons. The third-order valence-electron chi connectivity index (χ3n) is 5.03. The van der Waals surface area contributed by atoms with Gasteiger partial charge in [-0.3, -0.25) is 14.5 Å². The lowest BCUT2D eigenvalue weighted by molar-refractivity contribution is -0.131. The van der Waals surface area contributed by atoms with Crippen molar-refractivity contribution in [3.05, 3.63) is 34.7 Å². The van der Waals surface area contributed by atoms with Crippen LogP contribution in [-0.4, -0.2) is 33.9 Å². The summed E-state index contributed by atoms with van der Waals surface area (Å²) in [5.41, 5.74) is 5.04. The molecule has 2 N–H and O–H groups in total. The Morgan fingerprint density at radius 1 is 1.22 bits per heavy atom. The van der Waals surface area contributed by atoms with Gasteiger partial charge in [0.2, 0.25) is 0 Å². The van der Waals surface area contributed by atoms with E-state index in [1.165, 1.54) is 36.3 Å². The van der Waals surface area contributed by atoms with Gasteiger partial charge in [0.1, 0.15) is 0 Å². The van der Waals surface area contributed by atoms with Crippen molar-refractivity contribution in [3.63, 3.8) is 0 Å². The number of guanidine groups is 1. The molecule has 124 valence electrons. The summed E-state index contributed by atoms with van der Waals surface area (Å²) in [5.74, 6) is 0.751. The first-order valence-corrected chi connectivity index (χ1v) is 8.30. The smallest absolute Gasteiger partial charge is 0.258 e. The fourth-order valence-electron chi connectivity index (χ4n) is 3.78. The Hall–Kier alpha value is -2.11. The van der Waals surface area contributed by atoms with Crippen LogP contribution in [0, 0.1) is 5.92 Å². The van der Waals surface area contributed by atoms with Crippen molar-refractivity contribution in [2.45, 2.75) is 50.6 Å². The predicted molar refractivity (Wildman–Crippen MR) is 89.0 cm³/mol. The number of amides is 1. The lowest BCUT2D eigenvalue weighted by Crippen LogP contribution is -2.46. The Balaban J connectivity index is 1.88. The van der Waals surface area contributed by atoms with Gasteiger partial charge in [0.05, 0.1) is 6.54 Å². The molecule has 0 bridgehead atoms. The second-order valence-corrected chi connectivity index (χ2v) is 6.78. The van der Waals surface area contributed by atoms with Crippen LogP contribution in [0.2, 0.25) is 0 Å². The molecule has 23 heavy (non-hydrogen) atoms. The van der Waals surface area contributed by atoms with Gasteiger partial charge in [-0.2, -0.15) is 0 Å². The molecule has 6 nitrogen and oxygen atoms in total. The van der Waals surface area contributed by atoms with E-state index in [0.717, 1.165) is 19.3 Å². The highest BCUT2D eigenvalue weighted by Crippen LogP contribution is 2.36. The summed E-state index contributed by atoms with van der Waals surface area (Å²) in [6, 6.07) is 3.01. The minimum Gasteiger partial charge on any atom is -0.369 e. The van der Waals surface area contributed by atoms with E-state index < -0.39 is 5.54 Å². The highest BCUT2D eigenvalue weighted by molar-refractivity contribution is 6.06. The first-order valence-electron chi connectivity index (χ1n) is 8.30. The molecule has 2 heterocycles. The van der Waals surface area contributed by atoms with E-state index >= 15 is 0 Å². The van der Waals surface area contributed by atoms with Crippen LogP contribution in [0.5, 0.6) is 0 Å². The number of carbonyl (C=O) groups is 1. The van der Waals surface area contributed by atoms with Crippen LogP contribution < -0.4 is 11.2 Å². The van der Waals surface area contributed by atoms with Crippen LogP contribution in [0.15, 0.2) is 34.3 Å². The molecule has 1 aliphatic heterocycles. The van der Waals surface area contributed by atoms with Gasteiger partial charge >= 0.3 is 0 Å². The van der Waals surface area contributed by atoms with Crippen molar-refractivity contribution < 1.29 is 4.79 Å². The van der Waals surface area contributed by atoms with Crippen molar-refractivity contribution >= 4 is 11.9 Å². The number of carbonyl (C=O) groups excluding carboxylic acids is 1. The maximum absolute atomic E-state index is 12.8. The average molecular weight is 316 g/mol. The molecule has 1 atom stereocenters. The van der Waals surface area contributed by atoms with E-state index in [1.54, 1.807) is 19.4 Å². The molecule has 1 saturated carbocycles. The molecular weight excluding hydrogens is 292 g/mol. The number of rotatable bonds is 4. The first kappa shape index (κ1) is 15.8. The molecule has 1 fully saturated rings. The van der Waals surface area contributed by atoms with Crippen molar-refractivity contribution in [1.82, 2.24) is 9.47 Å². The van der Waals surface area contributed by atoms with E-state index in [-0.39, 0.29) is 17.3 Å². The van der Waals surface area contributed by atoms with Crippen molar-refractivity contribution in [3.8, 4) is 0 Å². The van der Waals surface area contributed by atoms with E-state index in [0.29, 0.717) is 12.5 Å². The largest absolute Gasteiger partial charge is 0.369 e. The first-order chi connectivity index (χ1) is 11.0. The maximum Gasteiger partial charge on any atom is 0.258 e. The average Bonchev–Trinajstić information content (AvgIpc) is 2.75. The Bertz CT molecular complexity index is 655. The molecule has 1 aliphatic carbocycles. The number of hydrogen-bond acceptors (Lipinski definition) is 4. The summed E-state index contributed by atoms with van der Waals surface area (Å²) in [6.45, 7) is 0.424. The third-order valence-corrected chi connectivity index (χ3v) is 5.03. The van der Waals surface area contributed by atoms with E-state index in [1.807, 2.05) is 4.57 Å². The molecule has 6 heteroatoms. The minimum atomic E-state index is -0.837. The number of aliphatic imine (C=N–C) groups is 1. The quantitative estimate of drug-likeness (QED) is 0.910. The summed E-state index contributed by atoms with van der Waals surface area (Å²) in [6.07, 6.45) is 10.2. The molecule has 1 aromatic heterocycles. The molecule has 2 aliphatic rings. The van der Waals surface area contributed by atoms with Crippen LogP contribution in [0.4, 0.5) is 0 Å². The molecule has 0 aromatic carbocycles. The van der Waals surface area contributed by atoms with Gasteiger partial charge in [-0.25, -0.2) is 4.99 Å². The summed E-state index contributed by atoms with van der Waals surface area (Å²) in [4.78, 5) is 30.1. The number of nitrogens with zero attached hydrogens (tertiary/aromatic N) is 3. The second-order valence-electron chi connectivity index (χ2n) is 6.78. The van der Waals surface area contributed by atoms with Crippen LogP contribution in [0.1, 0.15) is 38.5 Å². The monoisotopic (exact) mass is 316 g/mol. The van der Waals surface area contributed by atoms with E-state index in [2.05, 4.69) is 4.99 Å². The third kappa shape index (κ3) is 3.16. The van der Waals surface area contributed by atoms with Gasteiger partial charge in [0.15, 0.2) is 16.9 Å². The molecule has 1 aromatic rings. The molecular formula is C17H24N4O2. The molecule has 1 unspecified atom stereocenters. The van der Waals surface area contributed by atoms with Gasteiger partial charge in [0.25, 0.3) is 5.91 Å². The predicted octanol–water partition coefficient (Wildman–Crippen LogP) is 1.34. The van der Waals surface area contributed by atoms with E-state index in [9.17, 15) is 9.59 Å². The fourth-order valence-corrected chi connectivity index (χ4v) is 3.78. The molecule has 3 rings (SSSR count). The summed E-state index contributed by atoms with van der Waals surface area (Å²) < 4.78 is 1.86. The molecule has 0 spiro atoms. The number of pyridine rings is 1. The summed E-state index contributed by atoms with van der Waals surface area (Å²) in [7, 11) is 1.68. The van der Waals surface area contributed by atoms with Crippen LogP contribution in [-0.2, 0) is 11.3 Å².